The van der Waals surface area contributed by atoms with Gasteiger partial charge < -0.3 is 38.3 Å². The van der Waals surface area contributed by atoms with Gasteiger partial charge in [-0.2, -0.15) is 19.8 Å². The fourth-order valence-electron chi connectivity index (χ4n) is 0. The second-order valence-electron chi connectivity index (χ2n) is 0. The number of hydrogen-bond donors (Lipinski definition) is 0. The van der Waals surface area contributed by atoms with E-state index in [2.05, 4.69) is 0 Å². The van der Waals surface area contributed by atoms with E-state index in [1.807, 2.05) is 0 Å². The van der Waals surface area contributed by atoms with E-state index >= 15 is 0 Å². The molecule has 0 heterocycles. The van der Waals surface area contributed by atoms with Crippen molar-refractivity contribution in [2.75, 3.05) is 0 Å². The van der Waals surface area contributed by atoms with Crippen molar-refractivity contribution in [3.63, 3.8) is 0 Å². The molecule has 0 amide bonds. The van der Waals surface area contributed by atoms with E-state index in [1.165, 1.54) is 0 Å². The summed E-state index contributed by atoms with van der Waals surface area (Å²) in [5, 5.41) is 0. The second kappa shape index (κ2) is 390. The summed E-state index contributed by atoms with van der Waals surface area (Å²) in [7, 11) is 0. The number of hydrogen-bond acceptors (Lipinski definition) is 0. The molecule has 86 valence electrons. The molecule has 0 aliphatic carbocycles. The molecule has 0 N–H and O–H groups in total. The van der Waals surface area contributed by atoms with Crippen molar-refractivity contribution < 1.29 is 79.2 Å². The first-order chi connectivity index (χ1) is 0. The predicted octanol–water partition coefficient (Wildman–Crippen LogP) is -0.720. The molecule has 0 bridgehead atoms. The molecule has 0 spiro atoms. The first kappa shape index (κ1) is 504. The summed E-state index contributed by atoms with van der Waals surface area (Å²) in [4.78, 5) is 0. The van der Waals surface area contributed by atoms with Gasteiger partial charge in [-0.3, -0.25) is 0 Å². The standard InChI is InChI=1S/7O.2H3P.2Re/h;;;;;;;2*1H3;;/q7*-2;;;;. The van der Waals surface area contributed by atoms with Crippen LogP contribution in [0.25, 0.3) is 0 Å². The molecule has 7 nitrogen and oxygen atoms in total. The molecular weight excluding hydrogens is 546 g/mol. The summed E-state index contributed by atoms with van der Waals surface area (Å²) in [5.41, 5.74) is 0. The van der Waals surface area contributed by atoms with Crippen LogP contribution in [0.1, 0.15) is 0 Å². The van der Waals surface area contributed by atoms with Crippen molar-refractivity contribution in [3.8, 4) is 0 Å². The fraction of sp³-hybridized carbons (Fsp3) is 0. The van der Waals surface area contributed by atoms with Crippen molar-refractivity contribution in [1.82, 2.24) is 0 Å². The Morgan fingerprint density at radius 1 is 0.273 bits per heavy atom. The van der Waals surface area contributed by atoms with Gasteiger partial charge in [-0.05, 0) is 0 Å². The molecule has 11 heteroatoms. The van der Waals surface area contributed by atoms with Crippen molar-refractivity contribution in [3.05, 3.63) is 0 Å². The van der Waals surface area contributed by atoms with Gasteiger partial charge in [0.25, 0.3) is 0 Å². The minimum Gasteiger partial charge on any atom is -2.00 e. The third kappa shape index (κ3) is 322. The summed E-state index contributed by atoms with van der Waals surface area (Å²) >= 11 is 0. The molecule has 2 atom stereocenters. The largest absolute Gasteiger partial charge is 2.00 e. The van der Waals surface area contributed by atoms with Crippen molar-refractivity contribution in [1.29, 1.82) is 0 Å². The van der Waals surface area contributed by atoms with E-state index in [0.29, 0.717) is 0 Å². The smallest absolute Gasteiger partial charge is 0 e. The summed E-state index contributed by atoms with van der Waals surface area (Å²) in [6.07, 6.45) is 0. The Morgan fingerprint density at radius 2 is 0.273 bits per heavy atom. The molecule has 2 radical (unpaired) electrons. The van der Waals surface area contributed by atoms with Gasteiger partial charge in [0, 0.05) is 40.8 Å². The first-order valence-electron chi connectivity index (χ1n) is 0. The van der Waals surface area contributed by atoms with Crippen molar-refractivity contribution >= 4 is 19.8 Å². The van der Waals surface area contributed by atoms with E-state index in [9.17, 15) is 0 Å². The third-order valence-corrected chi connectivity index (χ3v) is 0. The zero-order valence-corrected chi connectivity index (χ0v) is 13.3. The molecule has 0 aromatic carbocycles. The molecule has 0 aliphatic rings. The van der Waals surface area contributed by atoms with Gasteiger partial charge in [0.2, 0.25) is 0 Å². The van der Waals surface area contributed by atoms with Crippen LogP contribution in [0, 0.1) is 0 Å². The van der Waals surface area contributed by atoms with Crippen LogP contribution in [0.3, 0.4) is 0 Å². The summed E-state index contributed by atoms with van der Waals surface area (Å²) in [5.74, 6) is 0. The van der Waals surface area contributed by atoms with Crippen LogP contribution >= 0.6 is 19.8 Å². The van der Waals surface area contributed by atoms with Crippen LogP contribution in [0.4, 0.5) is 0 Å². The van der Waals surface area contributed by atoms with Gasteiger partial charge in [0.05, 0.1) is 0 Å². The average molecular weight is 552 g/mol. The predicted molar refractivity (Wildman–Crippen MR) is 27.0 cm³/mol. The maximum atomic E-state index is 0. The Balaban J connectivity index is 0. The van der Waals surface area contributed by atoms with Crippen LogP contribution in [0.5, 0.6) is 0 Å². The molecule has 0 saturated heterocycles. The normalized spacial score (nSPS) is 0. The van der Waals surface area contributed by atoms with Gasteiger partial charge in [0.1, 0.15) is 0 Å². The molecule has 0 aliphatic heterocycles. The third-order valence-electron chi connectivity index (χ3n) is 0. The molecule has 0 aromatic rings. The quantitative estimate of drug-likeness (QED) is 0.342. The van der Waals surface area contributed by atoms with Gasteiger partial charge >= 0.3 is 0 Å². The van der Waals surface area contributed by atoms with Crippen LogP contribution in [0.2, 0.25) is 0 Å². The zero-order chi connectivity index (χ0) is 0. The summed E-state index contributed by atoms with van der Waals surface area (Å²) in [6, 6.07) is 0. The Labute approximate surface area is 98.8 Å². The van der Waals surface area contributed by atoms with Gasteiger partial charge in [-0.15, -0.1) is 0 Å². The Bertz CT molecular complexity index is 14.4. The van der Waals surface area contributed by atoms with Crippen molar-refractivity contribution in [2.45, 2.75) is 0 Å². The summed E-state index contributed by atoms with van der Waals surface area (Å²) in [6.45, 7) is 0. The average Bonchev–Trinajstić information content (AvgIpc) is 0. The van der Waals surface area contributed by atoms with E-state index < -0.39 is 0 Å². The molecular formula is H6O7P2Re2-14. The Hall–Kier alpha value is 1.90. The van der Waals surface area contributed by atoms with Crippen LogP contribution < -0.4 is 0 Å². The molecule has 2 unspecified atom stereocenters. The topological polar surface area (TPSA) is 200 Å². The maximum Gasteiger partial charge on any atom is 0 e. The molecule has 0 saturated carbocycles. The molecule has 11 heavy (non-hydrogen) atoms. The molecule has 0 rings (SSSR count). The van der Waals surface area contributed by atoms with Crippen molar-refractivity contribution in [2.24, 2.45) is 0 Å². The zero-order valence-electron chi connectivity index (χ0n) is 5.03. The minimum absolute atomic E-state index is 0. The molecule has 0 aromatic heterocycles. The SMILES string of the molecule is P.P.[O-2].[O-2].[O-2].[O-2].[O-2].[O-2].[O-2].[Re].[Re]. The monoisotopic (exact) mass is 554 g/mol. The van der Waals surface area contributed by atoms with E-state index in [4.69, 9.17) is 0 Å². The van der Waals surface area contributed by atoms with Crippen LogP contribution in [-0.4, -0.2) is 0 Å². The fourth-order valence-corrected chi connectivity index (χ4v) is 0. The minimum atomic E-state index is 0. The number of rotatable bonds is 0. The summed E-state index contributed by atoms with van der Waals surface area (Å²) < 4.78 is 0. The van der Waals surface area contributed by atoms with Gasteiger partial charge in [0.15, 0.2) is 0 Å². The second-order valence-corrected chi connectivity index (χ2v) is 0. The Morgan fingerprint density at radius 3 is 0.273 bits per heavy atom. The van der Waals surface area contributed by atoms with E-state index in [1.54, 1.807) is 0 Å². The first-order valence-corrected chi connectivity index (χ1v) is 0. The maximum absolute atomic E-state index is 0. The van der Waals surface area contributed by atoms with Crippen LogP contribution in [-0.2, 0) is 79.2 Å². The van der Waals surface area contributed by atoms with E-state index in [-0.39, 0.29) is 99.0 Å². The molecule has 0 fully saturated rings. The van der Waals surface area contributed by atoms with E-state index in [0.717, 1.165) is 0 Å². The van der Waals surface area contributed by atoms with Gasteiger partial charge in [-0.25, -0.2) is 0 Å². The van der Waals surface area contributed by atoms with Crippen LogP contribution in [0.15, 0.2) is 0 Å². The van der Waals surface area contributed by atoms with Gasteiger partial charge in [-0.1, -0.05) is 0 Å². The Kier molecular flexibility index (Phi) is 17900.